The zero-order chi connectivity index (χ0) is 9.26. The van der Waals surface area contributed by atoms with Crippen LogP contribution in [0.15, 0.2) is 0 Å². The number of hydrogen-bond donors (Lipinski definition) is 0. The molecule has 0 N–H and O–H groups in total. The highest BCUT2D eigenvalue weighted by molar-refractivity contribution is 4.84. The van der Waals surface area contributed by atoms with Crippen LogP contribution in [0.1, 0.15) is 33.1 Å². The molecule has 0 aromatic rings. The van der Waals surface area contributed by atoms with E-state index in [0.717, 1.165) is 18.6 Å². The van der Waals surface area contributed by atoms with Gasteiger partial charge in [0.15, 0.2) is 0 Å². The number of hydrogen-bond acceptors (Lipinski definition) is 2. The van der Waals surface area contributed by atoms with Crippen LogP contribution in [0.3, 0.4) is 0 Å². The smallest absolute Gasteiger partial charge is 0.0936 e. The van der Waals surface area contributed by atoms with E-state index in [0.29, 0.717) is 6.10 Å². The second-order valence-electron chi connectivity index (χ2n) is 4.76. The lowest BCUT2D eigenvalue weighted by atomic mass is 9.93. The van der Waals surface area contributed by atoms with E-state index < -0.39 is 0 Å². The van der Waals surface area contributed by atoms with Crippen molar-refractivity contribution in [2.24, 2.45) is 5.92 Å². The Hall–Kier alpha value is -0.0800. The van der Waals surface area contributed by atoms with Gasteiger partial charge >= 0.3 is 0 Å². The minimum atomic E-state index is 0.569. The molecular formula is C11H21NO. The van der Waals surface area contributed by atoms with Crippen molar-refractivity contribution in [3.05, 3.63) is 0 Å². The quantitative estimate of drug-likeness (QED) is 0.621. The van der Waals surface area contributed by atoms with Crippen molar-refractivity contribution in [2.75, 3.05) is 19.7 Å². The second kappa shape index (κ2) is 3.97. The number of likely N-dealkylation sites (tertiary alicyclic amines) is 1. The van der Waals surface area contributed by atoms with Crippen molar-refractivity contribution in [3.63, 3.8) is 0 Å². The maximum absolute atomic E-state index is 5.30. The summed E-state index contributed by atoms with van der Waals surface area (Å²) in [5.74, 6) is 0.805. The number of piperidine rings is 1. The topological polar surface area (TPSA) is 15.8 Å². The molecule has 76 valence electrons. The highest BCUT2D eigenvalue weighted by Crippen LogP contribution is 2.25. The van der Waals surface area contributed by atoms with Crippen molar-refractivity contribution < 1.29 is 4.74 Å². The zero-order valence-corrected chi connectivity index (χ0v) is 8.83. The number of nitrogens with zero attached hydrogens (tertiary/aromatic N) is 1. The van der Waals surface area contributed by atoms with Crippen molar-refractivity contribution in [1.29, 1.82) is 0 Å². The molecule has 2 rings (SSSR count). The first-order chi connectivity index (χ1) is 6.27. The van der Waals surface area contributed by atoms with Gasteiger partial charge in [0.2, 0.25) is 0 Å². The summed E-state index contributed by atoms with van der Waals surface area (Å²) in [4.78, 5) is 2.64. The predicted molar refractivity (Wildman–Crippen MR) is 53.8 cm³/mol. The first-order valence-electron chi connectivity index (χ1n) is 5.63. The van der Waals surface area contributed by atoms with E-state index in [1.54, 1.807) is 0 Å². The molecule has 2 atom stereocenters. The molecule has 2 nitrogen and oxygen atoms in total. The van der Waals surface area contributed by atoms with Crippen molar-refractivity contribution in [1.82, 2.24) is 4.90 Å². The molecule has 0 unspecified atom stereocenters. The van der Waals surface area contributed by atoms with E-state index >= 15 is 0 Å². The van der Waals surface area contributed by atoms with E-state index in [2.05, 4.69) is 18.7 Å². The summed E-state index contributed by atoms with van der Waals surface area (Å²) in [7, 11) is 0. The normalized spacial score (nSPS) is 35.3. The second-order valence-corrected chi connectivity index (χ2v) is 4.76. The Balaban J connectivity index is 1.87. The van der Waals surface area contributed by atoms with Gasteiger partial charge in [-0.2, -0.15) is 0 Å². The highest BCUT2D eigenvalue weighted by atomic mass is 16.6. The molecule has 0 bridgehead atoms. The molecule has 2 heterocycles. The molecule has 2 fully saturated rings. The molecule has 13 heavy (non-hydrogen) atoms. The predicted octanol–water partition coefficient (Wildman–Crippen LogP) is 1.90. The summed E-state index contributed by atoms with van der Waals surface area (Å²) >= 11 is 0. The maximum Gasteiger partial charge on any atom is 0.0936 e. The molecule has 2 aliphatic rings. The monoisotopic (exact) mass is 183 g/mol. The van der Waals surface area contributed by atoms with Gasteiger partial charge in [-0.25, -0.2) is 0 Å². The zero-order valence-electron chi connectivity index (χ0n) is 8.83. The van der Waals surface area contributed by atoms with E-state index in [4.69, 9.17) is 4.74 Å². The number of ether oxygens (including phenoxy) is 1. The van der Waals surface area contributed by atoms with E-state index in [-0.39, 0.29) is 0 Å². The molecule has 0 saturated carbocycles. The lowest BCUT2D eigenvalue weighted by Crippen LogP contribution is -2.44. The molecule has 0 aromatic carbocycles. The van der Waals surface area contributed by atoms with Crippen LogP contribution in [-0.2, 0) is 4.74 Å². The van der Waals surface area contributed by atoms with Gasteiger partial charge in [0.05, 0.1) is 12.7 Å². The molecule has 0 aliphatic carbocycles. The van der Waals surface area contributed by atoms with Gasteiger partial charge < -0.3 is 4.74 Å². The van der Waals surface area contributed by atoms with Gasteiger partial charge in [-0.05, 0) is 25.3 Å². The Morgan fingerprint density at radius 3 is 2.77 bits per heavy atom. The minimum absolute atomic E-state index is 0.569. The SMILES string of the molecule is CC(C)[C@H]1CCCCN1C[C@@H]1CO1. The summed E-state index contributed by atoms with van der Waals surface area (Å²) in [6.45, 7) is 8.17. The summed E-state index contributed by atoms with van der Waals surface area (Å²) in [6.07, 6.45) is 4.77. The molecule has 0 spiro atoms. The van der Waals surface area contributed by atoms with Crippen LogP contribution in [-0.4, -0.2) is 36.7 Å². The lowest BCUT2D eigenvalue weighted by molar-refractivity contribution is 0.103. The van der Waals surface area contributed by atoms with Crippen LogP contribution >= 0.6 is 0 Å². The average Bonchev–Trinajstić information content (AvgIpc) is 2.89. The summed E-state index contributed by atoms with van der Waals surface area (Å²) < 4.78 is 5.30. The van der Waals surface area contributed by atoms with Crippen LogP contribution < -0.4 is 0 Å². The molecule has 2 saturated heterocycles. The van der Waals surface area contributed by atoms with Gasteiger partial charge in [-0.3, -0.25) is 4.90 Å². The average molecular weight is 183 g/mol. The van der Waals surface area contributed by atoms with E-state index in [1.807, 2.05) is 0 Å². The Bertz CT molecular complexity index is 165. The molecular weight excluding hydrogens is 162 g/mol. The summed E-state index contributed by atoms with van der Waals surface area (Å²) in [5, 5.41) is 0. The molecule has 2 aliphatic heterocycles. The summed E-state index contributed by atoms with van der Waals surface area (Å²) in [5.41, 5.74) is 0. The Morgan fingerprint density at radius 1 is 1.38 bits per heavy atom. The van der Waals surface area contributed by atoms with E-state index in [1.165, 1.54) is 32.4 Å². The highest BCUT2D eigenvalue weighted by Gasteiger charge is 2.31. The molecule has 0 amide bonds. The van der Waals surface area contributed by atoms with Gasteiger partial charge in [-0.15, -0.1) is 0 Å². The van der Waals surface area contributed by atoms with Crippen LogP contribution in [0.2, 0.25) is 0 Å². The fraction of sp³-hybridized carbons (Fsp3) is 1.00. The van der Waals surface area contributed by atoms with E-state index in [9.17, 15) is 0 Å². The Morgan fingerprint density at radius 2 is 2.15 bits per heavy atom. The minimum Gasteiger partial charge on any atom is -0.372 e. The number of rotatable bonds is 3. The van der Waals surface area contributed by atoms with Crippen LogP contribution in [0.25, 0.3) is 0 Å². The van der Waals surface area contributed by atoms with Crippen LogP contribution in [0.4, 0.5) is 0 Å². The third-order valence-electron chi connectivity index (χ3n) is 3.27. The Labute approximate surface area is 81.3 Å². The largest absolute Gasteiger partial charge is 0.372 e. The molecule has 0 radical (unpaired) electrons. The standard InChI is InChI=1S/C11H21NO/c1-9(2)11-5-3-4-6-12(11)7-10-8-13-10/h9-11H,3-8H2,1-2H3/t10-,11-/m1/s1. The fourth-order valence-electron chi connectivity index (χ4n) is 2.43. The molecule has 2 heteroatoms. The van der Waals surface area contributed by atoms with Crippen LogP contribution in [0, 0.1) is 5.92 Å². The molecule has 0 aromatic heterocycles. The lowest BCUT2D eigenvalue weighted by Gasteiger charge is -2.37. The van der Waals surface area contributed by atoms with Crippen LogP contribution in [0.5, 0.6) is 0 Å². The third kappa shape index (κ3) is 2.44. The fourth-order valence-corrected chi connectivity index (χ4v) is 2.43. The van der Waals surface area contributed by atoms with Crippen molar-refractivity contribution >= 4 is 0 Å². The first-order valence-corrected chi connectivity index (χ1v) is 5.63. The number of epoxide rings is 1. The maximum atomic E-state index is 5.30. The van der Waals surface area contributed by atoms with Crippen molar-refractivity contribution in [2.45, 2.75) is 45.3 Å². The van der Waals surface area contributed by atoms with Gasteiger partial charge in [0.25, 0.3) is 0 Å². The third-order valence-corrected chi connectivity index (χ3v) is 3.27. The first kappa shape index (κ1) is 9.47. The van der Waals surface area contributed by atoms with Crippen molar-refractivity contribution in [3.8, 4) is 0 Å². The Kier molecular flexibility index (Phi) is 2.89. The summed E-state index contributed by atoms with van der Waals surface area (Å²) in [6, 6.07) is 0.818. The van der Waals surface area contributed by atoms with Gasteiger partial charge in [0, 0.05) is 12.6 Å². The van der Waals surface area contributed by atoms with Gasteiger partial charge in [-0.1, -0.05) is 20.3 Å². The van der Waals surface area contributed by atoms with Gasteiger partial charge in [0.1, 0.15) is 0 Å².